The lowest BCUT2D eigenvalue weighted by Crippen LogP contribution is -2.06. The summed E-state index contributed by atoms with van der Waals surface area (Å²) in [6.45, 7) is 0.824. The highest BCUT2D eigenvalue weighted by Crippen LogP contribution is 2.29. The molecule has 2 heterocycles. The van der Waals surface area contributed by atoms with Crippen LogP contribution in [-0.2, 0) is 6.42 Å². The molecule has 0 aliphatic heterocycles. The molecule has 1 aromatic carbocycles. The molecule has 0 bridgehead atoms. The number of pyridine rings is 2. The fourth-order valence-electron chi connectivity index (χ4n) is 2.41. The standard InChI is InChI=1S/C19H19N3S/c1-23-18-8-3-2-7-17(18)15-9-10-19(22-14-15)21-13-11-16-6-4-5-12-20-16/h2-10,12,14H,11,13H2,1H3,(H,21,22). The monoisotopic (exact) mass is 321 g/mol. The molecule has 0 atom stereocenters. The first-order valence-electron chi connectivity index (χ1n) is 7.60. The number of benzene rings is 1. The van der Waals surface area contributed by atoms with E-state index < -0.39 is 0 Å². The number of thioether (sulfide) groups is 1. The van der Waals surface area contributed by atoms with E-state index >= 15 is 0 Å². The Bertz CT molecular complexity index is 742. The second-order valence-corrected chi connectivity index (χ2v) is 5.98. The summed E-state index contributed by atoms with van der Waals surface area (Å²) in [4.78, 5) is 10.1. The van der Waals surface area contributed by atoms with Crippen molar-refractivity contribution in [3.05, 3.63) is 72.7 Å². The smallest absolute Gasteiger partial charge is 0.125 e. The van der Waals surface area contributed by atoms with E-state index in [4.69, 9.17) is 0 Å². The van der Waals surface area contributed by atoms with Crippen LogP contribution in [0.25, 0.3) is 11.1 Å². The Hall–Kier alpha value is -2.33. The van der Waals surface area contributed by atoms with Crippen LogP contribution in [0, 0.1) is 0 Å². The first-order chi connectivity index (χ1) is 11.4. The van der Waals surface area contributed by atoms with Crippen LogP contribution in [0.2, 0.25) is 0 Å². The first-order valence-corrected chi connectivity index (χ1v) is 8.82. The number of nitrogens with one attached hydrogen (secondary N) is 1. The zero-order valence-corrected chi connectivity index (χ0v) is 13.9. The van der Waals surface area contributed by atoms with Crippen molar-refractivity contribution in [2.75, 3.05) is 18.1 Å². The number of hydrogen-bond acceptors (Lipinski definition) is 4. The molecule has 0 spiro atoms. The van der Waals surface area contributed by atoms with E-state index in [0.29, 0.717) is 0 Å². The summed E-state index contributed by atoms with van der Waals surface area (Å²) in [5, 5.41) is 3.34. The maximum absolute atomic E-state index is 4.52. The summed E-state index contributed by atoms with van der Waals surface area (Å²) >= 11 is 1.76. The normalized spacial score (nSPS) is 10.5. The van der Waals surface area contributed by atoms with Gasteiger partial charge in [0.25, 0.3) is 0 Å². The molecule has 3 rings (SSSR count). The fourth-order valence-corrected chi connectivity index (χ4v) is 3.03. The maximum atomic E-state index is 4.52. The van der Waals surface area contributed by atoms with Crippen LogP contribution in [-0.4, -0.2) is 22.8 Å². The minimum atomic E-state index is 0.824. The number of rotatable bonds is 6. The van der Waals surface area contributed by atoms with Gasteiger partial charge in [0.2, 0.25) is 0 Å². The van der Waals surface area contributed by atoms with Gasteiger partial charge in [-0.1, -0.05) is 24.3 Å². The number of aromatic nitrogens is 2. The van der Waals surface area contributed by atoms with Gasteiger partial charge in [0.15, 0.2) is 0 Å². The molecule has 2 aromatic heterocycles. The summed E-state index contributed by atoms with van der Waals surface area (Å²) < 4.78 is 0. The third-order valence-corrected chi connectivity index (χ3v) is 4.39. The number of hydrogen-bond donors (Lipinski definition) is 1. The lowest BCUT2D eigenvalue weighted by atomic mass is 10.1. The summed E-state index contributed by atoms with van der Waals surface area (Å²) in [7, 11) is 0. The van der Waals surface area contributed by atoms with Crippen LogP contribution < -0.4 is 5.32 Å². The minimum absolute atomic E-state index is 0.824. The molecular formula is C19H19N3S. The van der Waals surface area contributed by atoms with Gasteiger partial charge in [-0.15, -0.1) is 11.8 Å². The fraction of sp³-hybridized carbons (Fsp3) is 0.158. The predicted molar refractivity (Wildman–Crippen MR) is 97.9 cm³/mol. The van der Waals surface area contributed by atoms with E-state index in [1.54, 1.807) is 11.8 Å². The van der Waals surface area contributed by atoms with E-state index in [1.807, 2.05) is 36.7 Å². The van der Waals surface area contributed by atoms with Crippen molar-refractivity contribution < 1.29 is 0 Å². The summed E-state index contributed by atoms with van der Waals surface area (Å²) in [6.07, 6.45) is 6.74. The summed E-state index contributed by atoms with van der Waals surface area (Å²) in [5.41, 5.74) is 3.46. The van der Waals surface area contributed by atoms with E-state index in [1.165, 1.54) is 10.5 Å². The lowest BCUT2D eigenvalue weighted by Gasteiger charge is -2.09. The molecular weight excluding hydrogens is 302 g/mol. The van der Waals surface area contributed by atoms with E-state index in [0.717, 1.165) is 30.0 Å². The molecule has 1 N–H and O–H groups in total. The Labute approximate surface area is 141 Å². The minimum Gasteiger partial charge on any atom is -0.370 e. The van der Waals surface area contributed by atoms with Gasteiger partial charge in [-0.3, -0.25) is 4.98 Å². The molecule has 3 aromatic rings. The van der Waals surface area contributed by atoms with Gasteiger partial charge in [0.05, 0.1) is 0 Å². The number of nitrogens with zero attached hydrogens (tertiary/aromatic N) is 2. The zero-order chi connectivity index (χ0) is 15.9. The molecule has 0 unspecified atom stereocenters. The Morgan fingerprint density at radius 3 is 2.57 bits per heavy atom. The number of anilines is 1. The van der Waals surface area contributed by atoms with Gasteiger partial charge in [-0.2, -0.15) is 0 Å². The second-order valence-electron chi connectivity index (χ2n) is 5.13. The highest BCUT2D eigenvalue weighted by atomic mass is 32.2. The van der Waals surface area contributed by atoms with Gasteiger partial charge >= 0.3 is 0 Å². The van der Waals surface area contributed by atoms with E-state index in [-0.39, 0.29) is 0 Å². The third-order valence-electron chi connectivity index (χ3n) is 3.59. The Kier molecular flexibility index (Phi) is 5.27. The van der Waals surface area contributed by atoms with Crippen LogP contribution in [0.4, 0.5) is 5.82 Å². The second kappa shape index (κ2) is 7.79. The van der Waals surface area contributed by atoms with Crippen molar-refractivity contribution in [3.63, 3.8) is 0 Å². The average Bonchev–Trinajstić information content (AvgIpc) is 2.63. The molecule has 0 aliphatic rings. The summed E-state index contributed by atoms with van der Waals surface area (Å²) in [5.74, 6) is 0.895. The van der Waals surface area contributed by atoms with Crippen molar-refractivity contribution in [1.29, 1.82) is 0 Å². The lowest BCUT2D eigenvalue weighted by molar-refractivity contribution is 0.954. The molecule has 0 radical (unpaired) electrons. The van der Waals surface area contributed by atoms with E-state index in [9.17, 15) is 0 Å². The van der Waals surface area contributed by atoms with Gasteiger partial charge < -0.3 is 5.32 Å². The average molecular weight is 321 g/mol. The van der Waals surface area contributed by atoms with Crippen molar-refractivity contribution in [2.45, 2.75) is 11.3 Å². The van der Waals surface area contributed by atoms with Gasteiger partial charge in [0.1, 0.15) is 5.82 Å². The van der Waals surface area contributed by atoms with Gasteiger partial charge in [-0.25, -0.2) is 4.98 Å². The first kappa shape index (κ1) is 15.6. The molecule has 0 fully saturated rings. The van der Waals surface area contributed by atoms with Crippen molar-refractivity contribution in [2.24, 2.45) is 0 Å². The van der Waals surface area contributed by atoms with Crippen molar-refractivity contribution >= 4 is 17.6 Å². The van der Waals surface area contributed by atoms with Crippen molar-refractivity contribution in [3.8, 4) is 11.1 Å². The quantitative estimate of drug-likeness (QED) is 0.677. The molecule has 0 amide bonds. The molecule has 116 valence electrons. The SMILES string of the molecule is CSc1ccccc1-c1ccc(NCCc2ccccn2)nc1. The van der Waals surface area contributed by atoms with Crippen LogP contribution in [0.1, 0.15) is 5.69 Å². The molecule has 4 heteroatoms. The molecule has 0 saturated heterocycles. The topological polar surface area (TPSA) is 37.8 Å². The third kappa shape index (κ3) is 4.11. The van der Waals surface area contributed by atoms with Crippen LogP contribution in [0.5, 0.6) is 0 Å². The summed E-state index contributed by atoms with van der Waals surface area (Å²) in [6, 6.07) is 18.5. The predicted octanol–water partition coefficient (Wildman–Crippen LogP) is 4.52. The molecule has 0 saturated carbocycles. The zero-order valence-electron chi connectivity index (χ0n) is 13.1. The van der Waals surface area contributed by atoms with Gasteiger partial charge in [0, 0.05) is 41.5 Å². The highest BCUT2D eigenvalue weighted by Gasteiger charge is 2.04. The van der Waals surface area contributed by atoms with Crippen LogP contribution in [0.15, 0.2) is 71.9 Å². The molecule has 3 nitrogen and oxygen atoms in total. The molecule has 0 aliphatic carbocycles. The highest BCUT2D eigenvalue weighted by molar-refractivity contribution is 7.98. The Balaban J connectivity index is 1.63. The van der Waals surface area contributed by atoms with Crippen LogP contribution in [0.3, 0.4) is 0 Å². The largest absolute Gasteiger partial charge is 0.370 e. The Morgan fingerprint density at radius 1 is 0.957 bits per heavy atom. The molecule has 23 heavy (non-hydrogen) atoms. The maximum Gasteiger partial charge on any atom is 0.125 e. The van der Waals surface area contributed by atoms with Crippen LogP contribution >= 0.6 is 11.8 Å². The van der Waals surface area contributed by atoms with Crippen molar-refractivity contribution in [1.82, 2.24) is 9.97 Å². The van der Waals surface area contributed by atoms with Gasteiger partial charge in [-0.05, 0) is 42.2 Å². The van der Waals surface area contributed by atoms with E-state index in [2.05, 4.69) is 51.9 Å². The Morgan fingerprint density at radius 2 is 1.83 bits per heavy atom.